The number of pyridine rings is 1. The number of anilines is 1. The van der Waals surface area contributed by atoms with Crippen LogP contribution in [0.2, 0.25) is 0 Å². The molecule has 190 valence electrons. The van der Waals surface area contributed by atoms with Gasteiger partial charge < -0.3 is 14.7 Å². The minimum atomic E-state index is 0.0389. The van der Waals surface area contributed by atoms with Crippen LogP contribution in [0.15, 0.2) is 54.9 Å². The van der Waals surface area contributed by atoms with Gasteiger partial charge in [0.15, 0.2) is 0 Å². The van der Waals surface area contributed by atoms with Crippen LogP contribution in [0.3, 0.4) is 0 Å². The highest BCUT2D eigenvalue weighted by Crippen LogP contribution is 2.43. The maximum atomic E-state index is 13.7. The number of likely N-dealkylation sites (tertiary alicyclic amines) is 1. The molecule has 2 aromatic heterocycles. The molecule has 3 aliphatic heterocycles. The van der Waals surface area contributed by atoms with Crippen molar-refractivity contribution in [2.45, 2.75) is 51.6 Å². The van der Waals surface area contributed by atoms with Crippen LogP contribution in [0.4, 0.5) is 10.5 Å². The van der Waals surface area contributed by atoms with E-state index in [2.05, 4.69) is 39.0 Å². The average molecular weight is 496 g/mol. The number of carbonyl (C=O) groups is 2. The van der Waals surface area contributed by atoms with Gasteiger partial charge in [-0.15, -0.1) is 0 Å². The average Bonchev–Trinajstić information content (AvgIpc) is 3.69. The lowest BCUT2D eigenvalue weighted by molar-refractivity contribution is 0.0764. The number of nitrogens with zero attached hydrogens (tertiary/aromatic N) is 5. The summed E-state index contributed by atoms with van der Waals surface area (Å²) in [6.45, 7) is 6.34. The fourth-order valence-electron chi connectivity index (χ4n) is 7.13. The summed E-state index contributed by atoms with van der Waals surface area (Å²) < 4.78 is 1.83. The summed E-state index contributed by atoms with van der Waals surface area (Å²) in [5.41, 5.74) is 6.69. The Balaban J connectivity index is 1.05. The van der Waals surface area contributed by atoms with Gasteiger partial charge in [0, 0.05) is 61.2 Å². The van der Waals surface area contributed by atoms with Crippen molar-refractivity contribution in [1.82, 2.24) is 19.4 Å². The zero-order chi connectivity index (χ0) is 25.1. The first kappa shape index (κ1) is 22.6. The Labute approximate surface area is 217 Å². The molecule has 1 aliphatic carbocycles. The normalized spacial score (nSPS) is 22.1. The van der Waals surface area contributed by atoms with Crippen molar-refractivity contribution in [2.75, 3.05) is 31.1 Å². The highest BCUT2D eigenvalue weighted by atomic mass is 16.2. The van der Waals surface area contributed by atoms with E-state index in [-0.39, 0.29) is 23.4 Å². The topological polar surface area (TPSA) is 61.7 Å². The molecule has 1 spiro atoms. The van der Waals surface area contributed by atoms with Crippen molar-refractivity contribution in [2.24, 2.45) is 5.41 Å². The molecule has 5 heterocycles. The Bertz CT molecular complexity index is 1370. The summed E-state index contributed by atoms with van der Waals surface area (Å²) in [7, 11) is 0. The van der Waals surface area contributed by atoms with Gasteiger partial charge in [0.05, 0.1) is 12.6 Å². The third-order valence-corrected chi connectivity index (χ3v) is 9.32. The third kappa shape index (κ3) is 3.66. The van der Waals surface area contributed by atoms with Gasteiger partial charge >= 0.3 is 6.03 Å². The van der Waals surface area contributed by atoms with Crippen molar-refractivity contribution in [3.05, 3.63) is 82.9 Å². The number of aromatic nitrogens is 2. The standard InChI is InChI=1S/C30H33N5O2/c1-21-2-6-25-19-34(29(37)35(21)25)27-7-5-22-3-4-23(18-26(22)27)28(36)33-17-12-30(20-33)10-15-32(16-11-30)24-8-13-31-14-9-24/h2-4,6,8-9,13-14,18,27H,5,7,10-12,15-17,19-20H2,1H3/t27-/m1/s1. The maximum absolute atomic E-state index is 13.7. The fourth-order valence-corrected chi connectivity index (χ4v) is 7.13. The molecule has 37 heavy (non-hydrogen) atoms. The first-order valence-corrected chi connectivity index (χ1v) is 13.6. The molecule has 3 aromatic rings. The van der Waals surface area contributed by atoms with Crippen LogP contribution in [0.25, 0.3) is 0 Å². The lowest BCUT2D eigenvalue weighted by atomic mass is 9.77. The summed E-state index contributed by atoms with van der Waals surface area (Å²) in [6.07, 6.45) is 8.89. The lowest BCUT2D eigenvalue weighted by Crippen LogP contribution is -2.42. The molecule has 1 aromatic carbocycles. The van der Waals surface area contributed by atoms with E-state index in [9.17, 15) is 9.59 Å². The van der Waals surface area contributed by atoms with Gasteiger partial charge in [-0.2, -0.15) is 0 Å². The summed E-state index contributed by atoms with van der Waals surface area (Å²) in [6, 6.07) is 14.5. The third-order valence-electron chi connectivity index (χ3n) is 9.32. The smallest absolute Gasteiger partial charge is 0.329 e. The van der Waals surface area contributed by atoms with Gasteiger partial charge in [-0.3, -0.25) is 14.3 Å². The van der Waals surface area contributed by atoms with Crippen molar-refractivity contribution in [3.8, 4) is 0 Å². The van der Waals surface area contributed by atoms with E-state index in [1.807, 2.05) is 47.0 Å². The van der Waals surface area contributed by atoms with E-state index < -0.39 is 0 Å². The van der Waals surface area contributed by atoms with Crippen LogP contribution in [0.5, 0.6) is 0 Å². The predicted octanol–water partition coefficient (Wildman–Crippen LogP) is 4.80. The van der Waals surface area contributed by atoms with Crippen LogP contribution in [-0.4, -0.2) is 57.5 Å². The Morgan fingerprint density at radius 2 is 1.78 bits per heavy atom. The van der Waals surface area contributed by atoms with Crippen molar-refractivity contribution >= 4 is 17.6 Å². The zero-order valence-corrected chi connectivity index (χ0v) is 21.4. The number of piperidine rings is 1. The number of rotatable bonds is 3. The SMILES string of the molecule is Cc1ccc2n1C(=O)N([C@@H]1CCc3ccc(C(=O)N4CCC5(CCN(c6ccncc6)CC5)C4)cc31)C2. The molecule has 7 heteroatoms. The molecule has 0 bridgehead atoms. The molecule has 0 unspecified atom stereocenters. The molecule has 1 atom stereocenters. The number of hydrogen-bond acceptors (Lipinski definition) is 4. The minimum Gasteiger partial charge on any atom is -0.371 e. The summed E-state index contributed by atoms with van der Waals surface area (Å²) in [5.74, 6) is 0.136. The molecular weight excluding hydrogens is 462 g/mol. The predicted molar refractivity (Wildman–Crippen MR) is 142 cm³/mol. The molecule has 7 rings (SSSR count). The second-order valence-corrected chi connectivity index (χ2v) is 11.3. The quantitative estimate of drug-likeness (QED) is 0.524. The first-order valence-electron chi connectivity index (χ1n) is 13.6. The summed E-state index contributed by atoms with van der Waals surface area (Å²) in [4.78, 5) is 37.5. The Kier molecular flexibility index (Phi) is 5.17. The molecule has 0 saturated carbocycles. The molecule has 7 nitrogen and oxygen atoms in total. The van der Waals surface area contributed by atoms with Gasteiger partial charge in [0.1, 0.15) is 0 Å². The largest absolute Gasteiger partial charge is 0.371 e. The number of amides is 2. The van der Waals surface area contributed by atoms with Gasteiger partial charge in [-0.25, -0.2) is 4.79 Å². The molecule has 0 radical (unpaired) electrons. The van der Waals surface area contributed by atoms with E-state index in [4.69, 9.17) is 0 Å². The Morgan fingerprint density at radius 1 is 1.00 bits per heavy atom. The van der Waals surface area contributed by atoms with Crippen LogP contribution >= 0.6 is 0 Å². The van der Waals surface area contributed by atoms with Crippen LogP contribution < -0.4 is 4.90 Å². The summed E-state index contributed by atoms with van der Waals surface area (Å²) in [5, 5.41) is 0. The molecule has 0 N–H and O–H groups in total. The van der Waals surface area contributed by atoms with Crippen molar-refractivity contribution < 1.29 is 9.59 Å². The highest BCUT2D eigenvalue weighted by molar-refractivity contribution is 5.95. The van der Waals surface area contributed by atoms with Crippen molar-refractivity contribution in [3.63, 3.8) is 0 Å². The maximum Gasteiger partial charge on any atom is 0.329 e. The van der Waals surface area contributed by atoms with E-state index in [0.29, 0.717) is 6.54 Å². The molecule has 2 saturated heterocycles. The zero-order valence-electron chi connectivity index (χ0n) is 21.4. The first-order chi connectivity index (χ1) is 18.0. The second kappa shape index (κ2) is 8.47. The van der Waals surface area contributed by atoms with Gasteiger partial charge in [0.25, 0.3) is 5.91 Å². The summed E-state index contributed by atoms with van der Waals surface area (Å²) >= 11 is 0. The molecule has 4 aliphatic rings. The van der Waals surface area contributed by atoms with Crippen LogP contribution in [0, 0.1) is 12.3 Å². The molecule has 2 fully saturated rings. The molecule has 2 amide bonds. The number of fused-ring (bicyclic) bond motifs is 2. The Hall–Kier alpha value is -3.61. The van der Waals surface area contributed by atoms with Gasteiger partial charge in [-0.1, -0.05) is 6.07 Å². The van der Waals surface area contributed by atoms with E-state index in [1.54, 1.807) is 0 Å². The fraction of sp³-hybridized carbons (Fsp3) is 0.433. The van der Waals surface area contributed by atoms with E-state index >= 15 is 0 Å². The monoisotopic (exact) mass is 495 g/mol. The number of benzene rings is 1. The Morgan fingerprint density at radius 3 is 2.57 bits per heavy atom. The highest BCUT2D eigenvalue weighted by Gasteiger charge is 2.43. The van der Waals surface area contributed by atoms with Crippen LogP contribution in [0.1, 0.15) is 64.6 Å². The van der Waals surface area contributed by atoms with Gasteiger partial charge in [0.2, 0.25) is 0 Å². The lowest BCUT2D eigenvalue weighted by Gasteiger charge is -2.40. The number of carbonyl (C=O) groups excluding carboxylic acids is 2. The van der Waals surface area contributed by atoms with E-state index in [0.717, 1.165) is 80.8 Å². The van der Waals surface area contributed by atoms with E-state index in [1.165, 1.54) is 11.3 Å². The van der Waals surface area contributed by atoms with Crippen molar-refractivity contribution in [1.29, 1.82) is 0 Å². The minimum absolute atomic E-state index is 0.0389. The van der Waals surface area contributed by atoms with Crippen LogP contribution in [-0.2, 0) is 13.0 Å². The second-order valence-electron chi connectivity index (χ2n) is 11.3. The molecular formula is C30H33N5O2. The van der Waals surface area contributed by atoms with Gasteiger partial charge in [-0.05, 0) is 92.0 Å². The number of hydrogen-bond donors (Lipinski definition) is 0. The number of aryl methyl sites for hydroxylation is 2.